The number of benzene rings is 2. The fourth-order valence-corrected chi connectivity index (χ4v) is 3.18. The Kier molecular flexibility index (Phi) is 4.68. The highest BCUT2D eigenvalue weighted by Gasteiger charge is 2.10. The molecule has 0 saturated heterocycles. The molecule has 0 saturated carbocycles. The molecule has 2 nitrogen and oxygen atoms in total. The van der Waals surface area contributed by atoms with Crippen molar-refractivity contribution < 1.29 is 4.68 Å². The van der Waals surface area contributed by atoms with E-state index in [-0.39, 0.29) is 0 Å². The molecule has 23 heavy (non-hydrogen) atoms. The van der Waals surface area contributed by atoms with E-state index in [1.54, 1.807) is 11.8 Å². The van der Waals surface area contributed by atoms with Crippen LogP contribution in [0.1, 0.15) is 16.8 Å². The maximum Gasteiger partial charge on any atom is 0.240 e. The number of nitrogens with zero attached hydrogens (tertiary/aromatic N) is 2. The van der Waals surface area contributed by atoms with Crippen molar-refractivity contribution in [2.24, 2.45) is 0 Å². The van der Waals surface area contributed by atoms with Gasteiger partial charge in [-0.3, -0.25) is 0 Å². The van der Waals surface area contributed by atoms with E-state index in [4.69, 9.17) is 5.43 Å². The number of hydrogen-bond donors (Lipinski definition) is 0. The lowest BCUT2D eigenvalue weighted by Crippen LogP contribution is -2.34. The molecule has 116 valence electrons. The van der Waals surface area contributed by atoms with E-state index in [0.29, 0.717) is 0 Å². The van der Waals surface area contributed by atoms with E-state index in [9.17, 15) is 0 Å². The zero-order valence-corrected chi connectivity index (χ0v) is 14.5. The third kappa shape index (κ3) is 3.93. The monoisotopic (exact) mass is 320 g/mol. The number of rotatable bonds is 4. The van der Waals surface area contributed by atoms with Gasteiger partial charge in [0.25, 0.3) is 0 Å². The summed E-state index contributed by atoms with van der Waals surface area (Å²) in [6.07, 6.45) is 0. The molecule has 0 N–H and O–H groups in total. The molecule has 3 rings (SSSR count). The van der Waals surface area contributed by atoms with Crippen molar-refractivity contribution in [3.63, 3.8) is 0 Å². The predicted octanol–water partition coefficient (Wildman–Crippen LogP) is 5.52. The standard InChI is InChI=1S/C20H20N2S/c1-15-7-11-18(12-8-15)21-22-17(3)5-4-6-20(22)23-19-13-9-16(2)10-14-19/h4-14H,1-3H3. The van der Waals surface area contributed by atoms with Gasteiger partial charge < -0.3 is 5.43 Å². The molecule has 0 bridgehead atoms. The summed E-state index contributed by atoms with van der Waals surface area (Å²) in [7, 11) is 0. The average molecular weight is 320 g/mol. The molecule has 3 heteroatoms. The van der Waals surface area contributed by atoms with Crippen LogP contribution in [-0.2, 0) is 0 Å². The van der Waals surface area contributed by atoms with Crippen LogP contribution in [0.25, 0.3) is 5.43 Å². The van der Waals surface area contributed by atoms with Crippen LogP contribution in [0.5, 0.6) is 0 Å². The summed E-state index contributed by atoms with van der Waals surface area (Å²) in [4.78, 5) is 1.22. The minimum atomic E-state index is 0.959. The second-order valence-corrected chi connectivity index (χ2v) is 6.76. The summed E-state index contributed by atoms with van der Waals surface area (Å²) in [5.74, 6) is 0. The summed E-state index contributed by atoms with van der Waals surface area (Å²) in [5, 5.41) is 1.11. The molecule has 0 radical (unpaired) electrons. The first-order chi connectivity index (χ1) is 11.1. The lowest BCUT2D eigenvalue weighted by molar-refractivity contribution is -0.664. The van der Waals surface area contributed by atoms with Crippen LogP contribution in [0.15, 0.2) is 76.7 Å². The SMILES string of the molecule is Cc1ccc([N-][n+]2c(C)cccc2Sc2ccc(C)cc2)cc1. The van der Waals surface area contributed by atoms with Gasteiger partial charge in [-0.2, -0.15) is 0 Å². The van der Waals surface area contributed by atoms with Crippen LogP contribution in [0.2, 0.25) is 0 Å². The average Bonchev–Trinajstić information content (AvgIpc) is 2.55. The predicted molar refractivity (Wildman–Crippen MR) is 96.3 cm³/mol. The maximum atomic E-state index is 4.79. The minimum Gasteiger partial charge on any atom is -0.404 e. The zero-order chi connectivity index (χ0) is 16.2. The van der Waals surface area contributed by atoms with Gasteiger partial charge in [0.15, 0.2) is 5.69 Å². The summed E-state index contributed by atoms with van der Waals surface area (Å²) >= 11 is 1.73. The van der Waals surface area contributed by atoms with E-state index in [1.807, 2.05) is 4.68 Å². The smallest absolute Gasteiger partial charge is 0.240 e. The van der Waals surface area contributed by atoms with E-state index in [2.05, 4.69) is 87.5 Å². The highest BCUT2D eigenvalue weighted by Crippen LogP contribution is 2.27. The molecular weight excluding hydrogens is 300 g/mol. The van der Waals surface area contributed by atoms with Gasteiger partial charge in [0.1, 0.15) is 0 Å². The molecule has 0 unspecified atom stereocenters. The molecule has 0 fully saturated rings. The number of aryl methyl sites for hydroxylation is 3. The molecular formula is C20H20N2S. The van der Waals surface area contributed by atoms with Gasteiger partial charge in [0.2, 0.25) is 5.03 Å². The van der Waals surface area contributed by atoms with Gasteiger partial charge in [0.05, 0.1) is 0 Å². The summed E-state index contributed by atoms with van der Waals surface area (Å²) in [6.45, 7) is 6.27. The quantitative estimate of drug-likeness (QED) is 0.579. The molecule has 3 aromatic rings. The third-order valence-electron chi connectivity index (χ3n) is 3.61. The first-order valence-electron chi connectivity index (χ1n) is 7.67. The van der Waals surface area contributed by atoms with Crippen LogP contribution in [0.4, 0.5) is 5.69 Å². The van der Waals surface area contributed by atoms with Crippen LogP contribution in [0.3, 0.4) is 0 Å². The Morgan fingerprint density at radius 2 is 1.35 bits per heavy atom. The van der Waals surface area contributed by atoms with E-state index in [0.717, 1.165) is 16.4 Å². The molecule has 0 aliphatic carbocycles. The van der Waals surface area contributed by atoms with Gasteiger partial charge in [-0.15, -0.1) is 0 Å². The second-order valence-electron chi connectivity index (χ2n) is 5.67. The van der Waals surface area contributed by atoms with E-state index < -0.39 is 0 Å². The van der Waals surface area contributed by atoms with Crippen molar-refractivity contribution in [3.05, 3.63) is 89.0 Å². The van der Waals surface area contributed by atoms with Crippen LogP contribution >= 0.6 is 11.8 Å². The highest BCUT2D eigenvalue weighted by molar-refractivity contribution is 7.99. The zero-order valence-electron chi connectivity index (χ0n) is 13.7. The number of pyridine rings is 1. The Hall–Kier alpha value is -2.26. The van der Waals surface area contributed by atoms with Crippen molar-refractivity contribution >= 4 is 17.4 Å². The first kappa shape index (κ1) is 15.6. The highest BCUT2D eigenvalue weighted by atomic mass is 32.2. The van der Waals surface area contributed by atoms with Gasteiger partial charge in [-0.1, -0.05) is 53.2 Å². The fraction of sp³-hybridized carbons (Fsp3) is 0.150. The van der Waals surface area contributed by atoms with Crippen molar-refractivity contribution in [1.82, 2.24) is 0 Å². The summed E-state index contributed by atoms with van der Waals surface area (Å²) in [6, 6.07) is 23.1. The maximum absolute atomic E-state index is 4.79. The van der Waals surface area contributed by atoms with Crippen LogP contribution in [-0.4, -0.2) is 0 Å². The van der Waals surface area contributed by atoms with Crippen molar-refractivity contribution in [3.8, 4) is 0 Å². The number of aromatic nitrogens is 1. The molecule has 2 aromatic carbocycles. The lowest BCUT2D eigenvalue weighted by atomic mass is 10.2. The van der Waals surface area contributed by atoms with Crippen molar-refractivity contribution in [2.75, 3.05) is 0 Å². The summed E-state index contributed by atoms with van der Waals surface area (Å²) < 4.78 is 2.01. The van der Waals surface area contributed by atoms with Crippen LogP contribution < -0.4 is 4.68 Å². The Labute approximate surface area is 142 Å². The minimum absolute atomic E-state index is 0.959. The molecule has 0 aliphatic rings. The van der Waals surface area contributed by atoms with E-state index >= 15 is 0 Å². The van der Waals surface area contributed by atoms with Gasteiger partial charge in [-0.25, -0.2) is 4.68 Å². The Morgan fingerprint density at radius 1 is 0.739 bits per heavy atom. The number of hydrogen-bond acceptors (Lipinski definition) is 1. The Bertz CT molecular complexity index is 793. The van der Waals surface area contributed by atoms with Gasteiger partial charge in [0, 0.05) is 24.0 Å². The Morgan fingerprint density at radius 3 is 2.00 bits per heavy atom. The molecule has 1 aromatic heterocycles. The molecule has 0 atom stereocenters. The molecule has 0 spiro atoms. The summed E-state index contributed by atoms with van der Waals surface area (Å²) in [5.41, 5.74) is 9.38. The van der Waals surface area contributed by atoms with Gasteiger partial charge in [-0.05, 0) is 43.8 Å². The lowest BCUT2D eigenvalue weighted by Gasteiger charge is -2.19. The molecule has 0 amide bonds. The normalized spacial score (nSPS) is 10.6. The van der Waals surface area contributed by atoms with Crippen molar-refractivity contribution in [1.29, 1.82) is 0 Å². The Balaban J connectivity index is 1.90. The molecule has 1 heterocycles. The largest absolute Gasteiger partial charge is 0.404 e. The van der Waals surface area contributed by atoms with E-state index in [1.165, 1.54) is 16.0 Å². The first-order valence-corrected chi connectivity index (χ1v) is 8.48. The topological polar surface area (TPSA) is 18.0 Å². The third-order valence-corrected chi connectivity index (χ3v) is 4.64. The van der Waals surface area contributed by atoms with Gasteiger partial charge >= 0.3 is 0 Å². The van der Waals surface area contributed by atoms with Crippen LogP contribution in [0, 0.1) is 20.8 Å². The van der Waals surface area contributed by atoms with Crippen molar-refractivity contribution in [2.45, 2.75) is 30.7 Å². The fourth-order valence-electron chi connectivity index (χ4n) is 2.24. The molecule has 0 aliphatic heterocycles. The second kappa shape index (κ2) is 6.88.